The Morgan fingerprint density at radius 3 is 2.82 bits per heavy atom. The van der Waals surface area contributed by atoms with Crippen LogP contribution >= 0.6 is 15.9 Å². The fourth-order valence-corrected chi connectivity index (χ4v) is 4.20. The first-order valence-electron chi connectivity index (χ1n) is 10.7. The number of morpholine rings is 1. The van der Waals surface area contributed by atoms with Gasteiger partial charge in [0.15, 0.2) is 23.0 Å². The summed E-state index contributed by atoms with van der Waals surface area (Å²) in [5.41, 5.74) is 0.685. The second-order valence-electron chi connectivity index (χ2n) is 7.57. The molecule has 0 atom stereocenters. The van der Waals surface area contributed by atoms with Crippen LogP contribution in [0.4, 0.5) is 0 Å². The molecule has 3 heterocycles. The van der Waals surface area contributed by atoms with Crippen LogP contribution in [-0.4, -0.2) is 68.2 Å². The Hall–Kier alpha value is -2.82. The number of aromatic nitrogens is 2. The lowest BCUT2D eigenvalue weighted by molar-refractivity contribution is 0.0357. The molecule has 0 aliphatic carbocycles. The average Bonchev–Trinajstić information content (AvgIpc) is 3.33. The van der Waals surface area contributed by atoms with Crippen molar-refractivity contribution in [1.82, 2.24) is 14.9 Å². The largest absolute Gasteiger partial charge is 0.493 e. The number of hydrogen-bond acceptors (Lipinski definition) is 9. The normalized spacial score (nSPS) is 15.6. The third kappa shape index (κ3) is 4.78. The fourth-order valence-electron chi connectivity index (χ4n) is 3.80. The highest BCUT2D eigenvalue weighted by Crippen LogP contribution is 2.47. The number of benzene rings is 2. The van der Waals surface area contributed by atoms with Gasteiger partial charge in [0.05, 0.1) is 42.3 Å². The fraction of sp³-hybridized carbons (Fsp3) is 0.391. The number of methoxy groups -OCH3 is 1. The molecule has 9 nitrogen and oxygen atoms in total. The van der Waals surface area contributed by atoms with Crippen LogP contribution in [0.5, 0.6) is 34.6 Å². The zero-order valence-corrected chi connectivity index (χ0v) is 19.8. The minimum atomic E-state index is 0.146. The second kappa shape index (κ2) is 9.98. The molecule has 1 aromatic heterocycles. The highest BCUT2D eigenvalue weighted by molar-refractivity contribution is 9.10. The minimum Gasteiger partial charge on any atom is -0.493 e. The minimum absolute atomic E-state index is 0.146. The van der Waals surface area contributed by atoms with E-state index < -0.39 is 0 Å². The molecular weight excluding hydrogens is 494 g/mol. The van der Waals surface area contributed by atoms with Crippen LogP contribution in [0, 0.1) is 0 Å². The Morgan fingerprint density at radius 1 is 1.09 bits per heavy atom. The standard InChI is InChI=1S/C23H24BrN3O6/c1-28-19-11-15-17(12-20(19)30-8-2-5-27-6-9-29-10-7-27)25-13-26-23(15)33-21-16(24)3-4-18-22(21)32-14-31-18/h3-4,11-13H,2,5-10,14H2,1H3. The van der Waals surface area contributed by atoms with Crippen LogP contribution in [0.3, 0.4) is 0 Å². The third-order valence-electron chi connectivity index (χ3n) is 5.51. The second-order valence-corrected chi connectivity index (χ2v) is 8.42. The van der Waals surface area contributed by atoms with Gasteiger partial charge in [-0.05, 0) is 40.5 Å². The predicted octanol–water partition coefficient (Wildman–Crippen LogP) is 4.02. The number of ether oxygens (including phenoxy) is 6. The van der Waals surface area contributed by atoms with Crippen LogP contribution in [0.15, 0.2) is 35.1 Å². The smallest absolute Gasteiger partial charge is 0.231 e. The van der Waals surface area contributed by atoms with Gasteiger partial charge in [0, 0.05) is 25.7 Å². The molecule has 0 unspecified atom stereocenters. The molecule has 5 rings (SSSR count). The Kier molecular flexibility index (Phi) is 6.65. The molecule has 0 N–H and O–H groups in total. The summed E-state index contributed by atoms with van der Waals surface area (Å²) < 4.78 is 34.9. The van der Waals surface area contributed by atoms with Gasteiger partial charge in [-0.15, -0.1) is 0 Å². The zero-order chi connectivity index (χ0) is 22.6. The van der Waals surface area contributed by atoms with Crippen molar-refractivity contribution in [2.45, 2.75) is 6.42 Å². The average molecular weight is 518 g/mol. The topological polar surface area (TPSA) is 84.4 Å². The number of halogens is 1. The van der Waals surface area contributed by atoms with E-state index in [0.29, 0.717) is 52.1 Å². The van der Waals surface area contributed by atoms with Gasteiger partial charge in [-0.25, -0.2) is 9.97 Å². The van der Waals surface area contributed by atoms with Crippen LogP contribution in [0.2, 0.25) is 0 Å². The summed E-state index contributed by atoms with van der Waals surface area (Å²) in [6.45, 7) is 5.23. The summed E-state index contributed by atoms with van der Waals surface area (Å²) in [4.78, 5) is 11.1. The molecule has 0 spiro atoms. The molecule has 1 fully saturated rings. The van der Waals surface area contributed by atoms with Gasteiger partial charge in [-0.3, -0.25) is 4.90 Å². The van der Waals surface area contributed by atoms with Gasteiger partial charge >= 0.3 is 0 Å². The van der Waals surface area contributed by atoms with E-state index in [1.807, 2.05) is 24.3 Å². The first-order valence-corrected chi connectivity index (χ1v) is 11.5. The Morgan fingerprint density at radius 2 is 1.97 bits per heavy atom. The molecule has 2 aliphatic rings. The predicted molar refractivity (Wildman–Crippen MR) is 124 cm³/mol. The van der Waals surface area contributed by atoms with E-state index in [4.69, 9.17) is 28.4 Å². The molecule has 0 bridgehead atoms. The van der Waals surface area contributed by atoms with Crippen molar-refractivity contribution in [2.24, 2.45) is 0 Å². The first kappa shape index (κ1) is 22.0. The van der Waals surface area contributed by atoms with Gasteiger partial charge in [0.2, 0.25) is 18.4 Å². The van der Waals surface area contributed by atoms with Crippen molar-refractivity contribution in [3.05, 3.63) is 35.1 Å². The van der Waals surface area contributed by atoms with Crippen molar-refractivity contribution in [1.29, 1.82) is 0 Å². The van der Waals surface area contributed by atoms with E-state index in [-0.39, 0.29) is 6.79 Å². The number of hydrogen-bond donors (Lipinski definition) is 0. The molecule has 3 aromatic rings. The molecule has 33 heavy (non-hydrogen) atoms. The van der Waals surface area contributed by atoms with Crippen LogP contribution < -0.4 is 23.7 Å². The summed E-state index contributed by atoms with van der Waals surface area (Å²) in [6, 6.07) is 7.34. The lowest BCUT2D eigenvalue weighted by atomic mass is 10.2. The monoisotopic (exact) mass is 517 g/mol. The zero-order valence-electron chi connectivity index (χ0n) is 18.2. The number of rotatable bonds is 8. The summed E-state index contributed by atoms with van der Waals surface area (Å²) in [7, 11) is 1.61. The lowest BCUT2D eigenvalue weighted by Gasteiger charge is -2.26. The molecule has 0 saturated carbocycles. The van der Waals surface area contributed by atoms with Crippen molar-refractivity contribution in [2.75, 3.05) is 53.4 Å². The highest BCUT2D eigenvalue weighted by Gasteiger charge is 2.23. The van der Waals surface area contributed by atoms with Crippen molar-refractivity contribution in [3.63, 3.8) is 0 Å². The quantitative estimate of drug-likeness (QED) is 0.411. The van der Waals surface area contributed by atoms with E-state index in [1.165, 1.54) is 6.33 Å². The van der Waals surface area contributed by atoms with Gasteiger partial charge < -0.3 is 28.4 Å². The molecule has 0 amide bonds. The first-order chi connectivity index (χ1) is 16.2. The third-order valence-corrected chi connectivity index (χ3v) is 6.13. The Balaban J connectivity index is 1.35. The van der Waals surface area contributed by atoms with E-state index in [2.05, 4.69) is 30.8 Å². The lowest BCUT2D eigenvalue weighted by Crippen LogP contribution is -2.37. The molecule has 2 aromatic carbocycles. The number of nitrogens with zero attached hydrogens (tertiary/aromatic N) is 3. The molecule has 10 heteroatoms. The van der Waals surface area contributed by atoms with Gasteiger partial charge in [-0.2, -0.15) is 0 Å². The van der Waals surface area contributed by atoms with Crippen LogP contribution in [-0.2, 0) is 4.74 Å². The maximum Gasteiger partial charge on any atom is 0.231 e. The van der Waals surface area contributed by atoms with E-state index in [0.717, 1.165) is 43.7 Å². The van der Waals surface area contributed by atoms with Gasteiger partial charge in [-0.1, -0.05) is 0 Å². The summed E-state index contributed by atoms with van der Waals surface area (Å²) in [5.74, 6) is 3.25. The van der Waals surface area contributed by atoms with Crippen molar-refractivity contribution in [3.8, 4) is 34.6 Å². The summed E-state index contributed by atoms with van der Waals surface area (Å²) >= 11 is 3.52. The van der Waals surface area contributed by atoms with Gasteiger partial charge in [0.25, 0.3) is 0 Å². The van der Waals surface area contributed by atoms with Crippen LogP contribution in [0.1, 0.15) is 6.42 Å². The molecular formula is C23H24BrN3O6. The Labute approximate surface area is 199 Å². The molecule has 1 saturated heterocycles. The van der Waals surface area contributed by atoms with Crippen molar-refractivity contribution < 1.29 is 28.4 Å². The SMILES string of the molecule is COc1cc2c(Oc3c(Br)ccc4c3OCO4)ncnc2cc1OCCCN1CCOCC1. The maximum absolute atomic E-state index is 6.16. The van der Waals surface area contributed by atoms with E-state index >= 15 is 0 Å². The maximum atomic E-state index is 6.16. The van der Waals surface area contributed by atoms with Crippen LogP contribution in [0.25, 0.3) is 10.9 Å². The molecule has 0 radical (unpaired) electrons. The van der Waals surface area contributed by atoms with Crippen molar-refractivity contribution >= 4 is 26.8 Å². The van der Waals surface area contributed by atoms with E-state index in [1.54, 1.807) is 7.11 Å². The van der Waals surface area contributed by atoms with E-state index in [9.17, 15) is 0 Å². The molecule has 2 aliphatic heterocycles. The highest BCUT2D eigenvalue weighted by atomic mass is 79.9. The Bertz CT molecular complexity index is 1140. The van der Waals surface area contributed by atoms with Gasteiger partial charge in [0.1, 0.15) is 6.33 Å². The molecule has 174 valence electrons. The summed E-state index contributed by atoms with van der Waals surface area (Å²) in [6.07, 6.45) is 2.37. The number of fused-ring (bicyclic) bond motifs is 2. The summed E-state index contributed by atoms with van der Waals surface area (Å²) in [5, 5.41) is 0.693.